The number of hydrogen-bond acceptors (Lipinski definition) is 3. The highest BCUT2D eigenvalue weighted by Gasteiger charge is 2.13. The topological polar surface area (TPSA) is 63.3 Å². The Morgan fingerprint density at radius 3 is 2.52 bits per heavy atom. The second-order valence-electron chi connectivity index (χ2n) is 6.85. The zero-order valence-corrected chi connectivity index (χ0v) is 16.5. The van der Waals surface area contributed by atoms with Crippen LogP contribution in [-0.2, 0) is 17.8 Å². The maximum Gasteiger partial charge on any atom is 0.224 e. The Kier molecular flexibility index (Phi) is 5.40. The Morgan fingerprint density at radius 2 is 1.81 bits per heavy atom. The molecule has 1 heterocycles. The second kappa shape index (κ2) is 7.74. The van der Waals surface area contributed by atoms with Crippen molar-refractivity contribution in [3.8, 4) is 11.5 Å². The van der Waals surface area contributed by atoms with Gasteiger partial charge in [0.2, 0.25) is 5.91 Å². The fourth-order valence-corrected chi connectivity index (χ4v) is 3.35. The van der Waals surface area contributed by atoms with Crippen LogP contribution in [0.3, 0.4) is 0 Å². The fraction of sp³-hybridized carbons (Fsp3) is 0.318. The van der Waals surface area contributed by atoms with Crippen LogP contribution in [0.5, 0.6) is 11.5 Å². The Morgan fingerprint density at radius 1 is 1.04 bits per heavy atom. The van der Waals surface area contributed by atoms with Crippen LogP contribution in [0.25, 0.3) is 10.9 Å². The van der Waals surface area contributed by atoms with Gasteiger partial charge in [-0.3, -0.25) is 4.79 Å². The number of H-pyrrole nitrogens is 1. The van der Waals surface area contributed by atoms with E-state index in [1.165, 1.54) is 16.5 Å². The van der Waals surface area contributed by atoms with Gasteiger partial charge in [-0.05, 0) is 44.0 Å². The van der Waals surface area contributed by atoms with E-state index < -0.39 is 0 Å². The van der Waals surface area contributed by atoms with Crippen LogP contribution in [0.1, 0.15) is 27.9 Å². The lowest BCUT2D eigenvalue weighted by Gasteiger charge is -2.11. The minimum Gasteiger partial charge on any atom is -0.497 e. The first-order valence-corrected chi connectivity index (χ1v) is 8.99. The lowest BCUT2D eigenvalue weighted by atomic mass is 10.0. The van der Waals surface area contributed by atoms with Gasteiger partial charge in [-0.15, -0.1) is 0 Å². The fourth-order valence-electron chi connectivity index (χ4n) is 3.35. The number of carbonyl (C=O) groups is 1. The molecule has 0 aliphatic rings. The third-order valence-corrected chi connectivity index (χ3v) is 4.96. The van der Waals surface area contributed by atoms with Gasteiger partial charge in [-0.2, -0.15) is 0 Å². The van der Waals surface area contributed by atoms with Gasteiger partial charge < -0.3 is 19.8 Å². The molecule has 0 atom stereocenters. The van der Waals surface area contributed by atoms with Crippen LogP contribution in [0.15, 0.2) is 30.3 Å². The molecule has 0 aliphatic heterocycles. The van der Waals surface area contributed by atoms with Crippen molar-refractivity contribution in [2.24, 2.45) is 0 Å². The average molecular weight is 366 g/mol. The van der Waals surface area contributed by atoms with Crippen LogP contribution in [0.4, 0.5) is 0 Å². The predicted molar refractivity (Wildman–Crippen MR) is 108 cm³/mol. The molecule has 1 aromatic heterocycles. The number of nitrogens with one attached hydrogen (secondary N) is 2. The van der Waals surface area contributed by atoms with Crippen molar-refractivity contribution < 1.29 is 14.3 Å². The minimum atomic E-state index is -0.0480. The molecule has 27 heavy (non-hydrogen) atoms. The van der Waals surface area contributed by atoms with Crippen molar-refractivity contribution in [2.45, 2.75) is 33.7 Å². The maximum absolute atomic E-state index is 12.5. The summed E-state index contributed by atoms with van der Waals surface area (Å²) in [7, 11) is 3.20. The van der Waals surface area contributed by atoms with E-state index in [2.05, 4.69) is 43.2 Å². The van der Waals surface area contributed by atoms with Crippen molar-refractivity contribution in [2.75, 3.05) is 14.2 Å². The van der Waals surface area contributed by atoms with Crippen molar-refractivity contribution in [1.82, 2.24) is 10.3 Å². The highest BCUT2D eigenvalue weighted by atomic mass is 16.5. The summed E-state index contributed by atoms with van der Waals surface area (Å²) in [6.45, 7) is 6.75. The normalized spacial score (nSPS) is 10.9. The van der Waals surface area contributed by atoms with Gasteiger partial charge in [0.15, 0.2) is 0 Å². The lowest BCUT2D eigenvalue weighted by Crippen LogP contribution is -2.25. The molecule has 0 bridgehead atoms. The van der Waals surface area contributed by atoms with Crippen LogP contribution in [-0.4, -0.2) is 25.1 Å². The van der Waals surface area contributed by atoms with Gasteiger partial charge in [-0.1, -0.05) is 17.7 Å². The molecule has 5 nitrogen and oxygen atoms in total. The summed E-state index contributed by atoms with van der Waals surface area (Å²) in [4.78, 5) is 15.9. The Bertz CT molecular complexity index is 989. The number of aromatic nitrogens is 1. The van der Waals surface area contributed by atoms with Gasteiger partial charge >= 0.3 is 0 Å². The number of methoxy groups -OCH3 is 2. The monoisotopic (exact) mass is 366 g/mol. The Balaban J connectivity index is 1.75. The van der Waals surface area contributed by atoms with E-state index in [0.717, 1.165) is 22.3 Å². The molecule has 0 saturated heterocycles. The Labute approximate surface area is 159 Å². The molecule has 0 spiro atoms. The number of rotatable bonds is 6. The summed E-state index contributed by atoms with van der Waals surface area (Å²) in [5.74, 6) is 1.31. The molecular formula is C22H26N2O3. The summed E-state index contributed by atoms with van der Waals surface area (Å²) in [6.07, 6.45) is 0.255. The van der Waals surface area contributed by atoms with Gasteiger partial charge in [0.05, 0.1) is 26.2 Å². The first kappa shape index (κ1) is 18.8. The van der Waals surface area contributed by atoms with Crippen molar-refractivity contribution >= 4 is 16.8 Å². The summed E-state index contributed by atoms with van der Waals surface area (Å²) in [5.41, 5.74) is 6.62. The van der Waals surface area contributed by atoms with Crippen LogP contribution in [0.2, 0.25) is 0 Å². The first-order chi connectivity index (χ1) is 12.9. The minimum absolute atomic E-state index is 0.0480. The van der Waals surface area contributed by atoms with E-state index in [9.17, 15) is 4.79 Å². The van der Waals surface area contributed by atoms with Crippen molar-refractivity contribution in [3.63, 3.8) is 0 Å². The van der Waals surface area contributed by atoms with E-state index in [-0.39, 0.29) is 12.3 Å². The number of amides is 1. The number of ether oxygens (including phenoxy) is 2. The third kappa shape index (κ3) is 3.92. The van der Waals surface area contributed by atoms with Crippen LogP contribution in [0, 0.1) is 20.8 Å². The highest BCUT2D eigenvalue weighted by molar-refractivity contribution is 5.88. The molecular weight excluding hydrogens is 340 g/mol. The number of carbonyl (C=O) groups excluding carboxylic acids is 1. The van der Waals surface area contributed by atoms with Gasteiger partial charge in [-0.25, -0.2) is 0 Å². The van der Waals surface area contributed by atoms with E-state index in [1.54, 1.807) is 20.3 Å². The largest absolute Gasteiger partial charge is 0.497 e. The average Bonchev–Trinajstić information content (AvgIpc) is 2.94. The summed E-state index contributed by atoms with van der Waals surface area (Å²) < 4.78 is 10.6. The van der Waals surface area contributed by atoms with Gasteiger partial charge in [0.1, 0.15) is 11.5 Å². The molecule has 0 aliphatic carbocycles. The summed E-state index contributed by atoms with van der Waals surface area (Å²) in [5, 5.41) is 4.25. The molecule has 0 saturated carbocycles. The molecule has 142 valence electrons. The van der Waals surface area contributed by atoms with Crippen LogP contribution < -0.4 is 14.8 Å². The van der Waals surface area contributed by atoms with Crippen molar-refractivity contribution in [1.29, 1.82) is 0 Å². The zero-order valence-electron chi connectivity index (χ0n) is 16.5. The molecule has 2 aromatic carbocycles. The summed E-state index contributed by atoms with van der Waals surface area (Å²) >= 11 is 0. The zero-order chi connectivity index (χ0) is 19.6. The van der Waals surface area contributed by atoms with Crippen LogP contribution >= 0.6 is 0 Å². The molecule has 0 radical (unpaired) electrons. The van der Waals surface area contributed by atoms with E-state index in [1.807, 2.05) is 12.1 Å². The predicted octanol–water partition coefficient (Wildman–Crippen LogP) is 3.97. The number of aromatic amines is 1. The van der Waals surface area contributed by atoms with Gasteiger partial charge in [0, 0.05) is 29.3 Å². The maximum atomic E-state index is 12.5. The van der Waals surface area contributed by atoms with E-state index in [4.69, 9.17) is 9.47 Å². The SMILES string of the molecule is COc1ccc(CC(=O)NCc2cc(C)cc3c(C)c(C)[nH]c23)c(OC)c1. The molecule has 1 amide bonds. The standard InChI is InChI=1S/C22H26N2O3/c1-13-8-17(22-19(9-13)14(2)15(3)24-22)12-23-21(25)10-16-6-7-18(26-4)11-20(16)27-5/h6-9,11,24H,10,12H2,1-5H3,(H,23,25). The Hall–Kier alpha value is -2.95. The molecule has 0 unspecified atom stereocenters. The molecule has 3 rings (SSSR count). The molecule has 3 aromatic rings. The third-order valence-electron chi connectivity index (χ3n) is 4.96. The lowest BCUT2D eigenvalue weighted by molar-refractivity contribution is -0.120. The first-order valence-electron chi connectivity index (χ1n) is 8.99. The number of fused-ring (bicyclic) bond motifs is 1. The van der Waals surface area contributed by atoms with Gasteiger partial charge in [0.25, 0.3) is 0 Å². The highest BCUT2D eigenvalue weighted by Crippen LogP contribution is 2.27. The molecule has 2 N–H and O–H groups in total. The quantitative estimate of drug-likeness (QED) is 0.694. The van der Waals surface area contributed by atoms with Crippen molar-refractivity contribution in [3.05, 3.63) is 58.3 Å². The number of aryl methyl sites for hydroxylation is 3. The molecule has 5 heteroatoms. The summed E-state index contributed by atoms with van der Waals surface area (Å²) in [6, 6.07) is 9.78. The van der Waals surface area contributed by atoms with E-state index >= 15 is 0 Å². The number of hydrogen-bond donors (Lipinski definition) is 2. The smallest absolute Gasteiger partial charge is 0.224 e. The van der Waals surface area contributed by atoms with E-state index in [0.29, 0.717) is 18.0 Å². The molecule has 0 fully saturated rings. The number of benzene rings is 2. The second-order valence-corrected chi connectivity index (χ2v) is 6.85.